The maximum atomic E-state index is 12.2. The lowest BCUT2D eigenvalue weighted by molar-refractivity contribution is -0.125. The Morgan fingerprint density at radius 3 is 2.42 bits per heavy atom. The van der Waals surface area contributed by atoms with Gasteiger partial charge in [0, 0.05) is 5.56 Å². The van der Waals surface area contributed by atoms with Gasteiger partial charge in [0.2, 0.25) is 0 Å². The normalized spacial score (nSPS) is 15.1. The Morgan fingerprint density at radius 2 is 1.89 bits per heavy atom. The summed E-state index contributed by atoms with van der Waals surface area (Å²) in [5.74, 6) is -2.13. The van der Waals surface area contributed by atoms with Crippen LogP contribution >= 0.6 is 0 Å². The molecule has 2 amide bonds. The maximum absolute atomic E-state index is 12.2. The van der Waals surface area contributed by atoms with Gasteiger partial charge in [-0.05, 0) is 25.5 Å². The summed E-state index contributed by atoms with van der Waals surface area (Å²) in [5, 5.41) is 9.61. The van der Waals surface area contributed by atoms with Crippen molar-refractivity contribution < 1.29 is 19.5 Å². The van der Waals surface area contributed by atoms with E-state index in [2.05, 4.69) is 0 Å². The van der Waals surface area contributed by atoms with Gasteiger partial charge in [-0.15, -0.1) is 0 Å². The number of hydrogen-bond donors (Lipinski definition) is 1. The molecule has 0 spiro atoms. The SMILES string of the molecule is CC(=O)C1=C(O)CN(C(=O)c2ccccc2C)C1=O. The number of Topliss-reactive ketones (excluding diaryl/α,β-unsaturated/α-hetero) is 1. The third kappa shape index (κ3) is 2.14. The highest BCUT2D eigenvalue weighted by molar-refractivity contribution is 6.25. The van der Waals surface area contributed by atoms with Gasteiger partial charge in [-0.3, -0.25) is 19.3 Å². The van der Waals surface area contributed by atoms with Gasteiger partial charge in [0.15, 0.2) is 5.78 Å². The van der Waals surface area contributed by atoms with E-state index in [0.717, 1.165) is 10.5 Å². The molecule has 19 heavy (non-hydrogen) atoms. The fourth-order valence-corrected chi connectivity index (χ4v) is 2.04. The highest BCUT2D eigenvalue weighted by Gasteiger charge is 2.37. The van der Waals surface area contributed by atoms with Crippen LogP contribution < -0.4 is 0 Å². The summed E-state index contributed by atoms with van der Waals surface area (Å²) >= 11 is 0. The predicted molar refractivity (Wildman–Crippen MR) is 67.6 cm³/mol. The zero-order chi connectivity index (χ0) is 14.2. The van der Waals surface area contributed by atoms with Crippen molar-refractivity contribution in [1.29, 1.82) is 0 Å². The smallest absolute Gasteiger partial charge is 0.268 e. The number of benzene rings is 1. The van der Waals surface area contributed by atoms with Gasteiger partial charge < -0.3 is 5.11 Å². The average Bonchev–Trinajstić information content (AvgIpc) is 2.64. The molecule has 0 fully saturated rings. The molecular formula is C14H13NO4. The molecule has 1 aliphatic rings. The first-order valence-electron chi connectivity index (χ1n) is 5.78. The van der Waals surface area contributed by atoms with Crippen molar-refractivity contribution in [1.82, 2.24) is 4.90 Å². The van der Waals surface area contributed by atoms with Gasteiger partial charge >= 0.3 is 0 Å². The Balaban J connectivity index is 2.33. The summed E-state index contributed by atoms with van der Waals surface area (Å²) in [6.07, 6.45) is 0. The molecule has 5 nitrogen and oxygen atoms in total. The number of nitrogens with zero attached hydrogens (tertiary/aromatic N) is 1. The van der Waals surface area contributed by atoms with E-state index in [0.29, 0.717) is 5.56 Å². The van der Waals surface area contributed by atoms with Crippen molar-refractivity contribution in [2.75, 3.05) is 6.54 Å². The van der Waals surface area contributed by atoms with Crippen LogP contribution in [0.5, 0.6) is 0 Å². The van der Waals surface area contributed by atoms with E-state index in [1.165, 1.54) is 6.92 Å². The number of aliphatic hydroxyl groups excluding tert-OH is 1. The van der Waals surface area contributed by atoms with Crippen LogP contribution in [-0.4, -0.2) is 34.1 Å². The molecule has 1 heterocycles. The highest BCUT2D eigenvalue weighted by atomic mass is 16.3. The molecule has 0 atom stereocenters. The molecule has 0 radical (unpaired) electrons. The van der Waals surface area contributed by atoms with E-state index in [9.17, 15) is 19.5 Å². The third-order valence-corrected chi connectivity index (χ3v) is 3.03. The summed E-state index contributed by atoms with van der Waals surface area (Å²) in [4.78, 5) is 36.3. The zero-order valence-electron chi connectivity index (χ0n) is 10.6. The van der Waals surface area contributed by atoms with Crippen molar-refractivity contribution in [3.8, 4) is 0 Å². The molecule has 0 saturated carbocycles. The second-order valence-corrected chi connectivity index (χ2v) is 4.39. The van der Waals surface area contributed by atoms with Gasteiger partial charge in [0.1, 0.15) is 11.3 Å². The number of amides is 2. The fraction of sp³-hybridized carbons (Fsp3) is 0.214. The molecule has 0 aromatic heterocycles. The Morgan fingerprint density at radius 1 is 1.26 bits per heavy atom. The average molecular weight is 259 g/mol. The van der Waals surface area contributed by atoms with Crippen LogP contribution in [0.25, 0.3) is 0 Å². The minimum atomic E-state index is -0.738. The van der Waals surface area contributed by atoms with E-state index in [-0.39, 0.29) is 17.9 Å². The first-order chi connectivity index (χ1) is 8.93. The van der Waals surface area contributed by atoms with Crippen molar-refractivity contribution in [2.45, 2.75) is 13.8 Å². The lowest BCUT2D eigenvalue weighted by atomic mass is 10.1. The lowest BCUT2D eigenvalue weighted by Gasteiger charge is -2.15. The Bertz CT molecular complexity index is 616. The molecule has 0 unspecified atom stereocenters. The van der Waals surface area contributed by atoms with Crippen molar-refractivity contribution in [3.63, 3.8) is 0 Å². The lowest BCUT2D eigenvalue weighted by Crippen LogP contribution is -2.35. The molecule has 1 N–H and O–H groups in total. The van der Waals surface area contributed by atoms with Gasteiger partial charge in [0.05, 0.1) is 6.54 Å². The van der Waals surface area contributed by atoms with Crippen LogP contribution in [0.15, 0.2) is 35.6 Å². The molecule has 1 aromatic carbocycles. The standard InChI is InChI=1S/C14H13NO4/c1-8-5-3-4-6-10(8)13(18)15-7-11(17)12(9(2)16)14(15)19/h3-6,17H,7H2,1-2H3. The summed E-state index contributed by atoms with van der Waals surface area (Å²) in [6, 6.07) is 6.84. The van der Waals surface area contributed by atoms with Crippen LogP contribution in [0.4, 0.5) is 0 Å². The van der Waals surface area contributed by atoms with E-state index in [4.69, 9.17) is 0 Å². The Kier molecular flexibility index (Phi) is 3.21. The number of aliphatic hydroxyl groups is 1. The fourth-order valence-electron chi connectivity index (χ4n) is 2.04. The molecule has 5 heteroatoms. The third-order valence-electron chi connectivity index (χ3n) is 3.03. The summed E-state index contributed by atoms with van der Waals surface area (Å²) < 4.78 is 0. The second-order valence-electron chi connectivity index (χ2n) is 4.39. The first-order valence-corrected chi connectivity index (χ1v) is 5.78. The molecular weight excluding hydrogens is 246 g/mol. The van der Waals surface area contributed by atoms with Crippen LogP contribution in [0, 0.1) is 6.92 Å². The summed E-state index contributed by atoms with van der Waals surface area (Å²) in [7, 11) is 0. The van der Waals surface area contributed by atoms with Gasteiger partial charge in [-0.1, -0.05) is 18.2 Å². The molecule has 1 aliphatic heterocycles. The van der Waals surface area contributed by atoms with Crippen LogP contribution in [-0.2, 0) is 9.59 Å². The van der Waals surface area contributed by atoms with E-state index in [1.807, 2.05) is 0 Å². The number of imide groups is 1. The largest absolute Gasteiger partial charge is 0.509 e. The number of hydrogen-bond acceptors (Lipinski definition) is 4. The summed E-state index contributed by atoms with van der Waals surface area (Å²) in [6.45, 7) is 2.69. The second kappa shape index (κ2) is 4.68. The quantitative estimate of drug-likeness (QED) is 0.643. The number of aryl methyl sites for hydroxylation is 1. The molecule has 0 aliphatic carbocycles. The van der Waals surface area contributed by atoms with E-state index < -0.39 is 17.6 Å². The van der Waals surface area contributed by atoms with Gasteiger partial charge in [-0.2, -0.15) is 0 Å². The van der Waals surface area contributed by atoms with E-state index in [1.54, 1.807) is 31.2 Å². The first kappa shape index (κ1) is 13.0. The number of carbonyl (C=O) groups excluding carboxylic acids is 3. The van der Waals surface area contributed by atoms with Crippen LogP contribution in [0.1, 0.15) is 22.8 Å². The van der Waals surface area contributed by atoms with E-state index >= 15 is 0 Å². The van der Waals surface area contributed by atoms with Crippen molar-refractivity contribution in [2.24, 2.45) is 0 Å². The number of rotatable bonds is 2. The van der Waals surface area contributed by atoms with Crippen molar-refractivity contribution >= 4 is 17.6 Å². The maximum Gasteiger partial charge on any atom is 0.268 e. The summed E-state index contributed by atoms with van der Waals surface area (Å²) in [5.41, 5.74) is 0.812. The molecule has 0 saturated heterocycles. The predicted octanol–water partition coefficient (Wildman–Crippen LogP) is 1.38. The van der Waals surface area contributed by atoms with Gasteiger partial charge in [-0.25, -0.2) is 0 Å². The molecule has 1 aromatic rings. The highest BCUT2D eigenvalue weighted by Crippen LogP contribution is 2.21. The van der Waals surface area contributed by atoms with Crippen LogP contribution in [0.3, 0.4) is 0 Å². The Hall–Kier alpha value is -2.43. The van der Waals surface area contributed by atoms with Crippen LogP contribution in [0.2, 0.25) is 0 Å². The topological polar surface area (TPSA) is 74.7 Å². The zero-order valence-corrected chi connectivity index (χ0v) is 10.6. The molecule has 98 valence electrons. The minimum absolute atomic E-state index is 0.249. The molecule has 0 bridgehead atoms. The monoisotopic (exact) mass is 259 g/mol. The molecule has 2 rings (SSSR count). The number of carbonyl (C=O) groups is 3. The Labute approximate surface area is 110 Å². The van der Waals surface area contributed by atoms with Crippen molar-refractivity contribution in [3.05, 3.63) is 46.7 Å². The number of ketones is 1. The van der Waals surface area contributed by atoms with Gasteiger partial charge in [0.25, 0.3) is 11.8 Å². The minimum Gasteiger partial charge on any atom is -0.509 e.